The summed E-state index contributed by atoms with van der Waals surface area (Å²) in [5, 5.41) is 0. The van der Waals surface area contributed by atoms with E-state index >= 15 is 0 Å². The minimum atomic E-state index is -0.398. The van der Waals surface area contributed by atoms with Gasteiger partial charge >= 0.3 is 0 Å². The molecule has 1 fully saturated rings. The van der Waals surface area contributed by atoms with Crippen molar-refractivity contribution in [2.24, 2.45) is 0 Å². The third-order valence-electron chi connectivity index (χ3n) is 5.32. The maximum absolute atomic E-state index is 14.5. The lowest BCUT2D eigenvalue weighted by Crippen LogP contribution is -2.41. The number of amides is 1. The molecule has 160 valence electrons. The Labute approximate surface area is 178 Å². The van der Waals surface area contributed by atoms with Gasteiger partial charge in [-0.2, -0.15) is 0 Å². The maximum Gasteiger partial charge on any atom is 0.261 e. The summed E-state index contributed by atoms with van der Waals surface area (Å²) in [7, 11) is 0. The number of likely N-dealkylation sites (tertiary alicyclic amines) is 1. The highest BCUT2D eigenvalue weighted by Gasteiger charge is 2.32. The quantitative estimate of drug-likeness (QED) is 0.666. The summed E-state index contributed by atoms with van der Waals surface area (Å²) in [6.45, 7) is 0.328. The first-order chi connectivity index (χ1) is 15.0. The molecule has 4 rings (SSSR count). The molecule has 0 aliphatic carbocycles. The number of nitrogens with two attached hydrogens (primary N) is 1. The first kappa shape index (κ1) is 20.7. The van der Waals surface area contributed by atoms with Gasteiger partial charge in [0.2, 0.25) is 5.95 Å². The molecule has 2 N–H and O–H groups in total. The molecule has 8 heteroatoms. The second-order valence-electron chi connectivity index (χ2n) is 7.35. The predicted octanol–water partition coefficient (Wildman–Crippen LogP) is 4.14. The summed E-state index contributed by atoms with van der Waals surface area (Å²) >= 11 is 0. The maximum atomic E-state index is 14.5. The zero-order valence-electron chi connectivity index (χ0n) is 16.8. The number of benzene rings is 2. The van der Waals surface area contributed by atoms with Crippen molar-refractivity contribution < 1.29 is 18.3 Å². The normalized spacial score (nSPS) is 16.2. The molecular formula is C23H22F2N4O2. The van der Waals surface area contributed by atoms with Crippen LogP contribution < -0.4 is 10.5 Å². The highest BCUT2D eigenvalue weighted by molar-refractivity contribution is 5.79. The van der Waals surface area contributed by atoms with Gasteiger partial charge in [0.25, 0.3) is 5.91 Å². The van der Waals surface area contributed by atoms with E-state index in [2.05, 4.69) is 9.97 Å². The van der Waals surface area contributed by atoms with Gasteiger partial charge in [-0.15, -0.1) is 0 Å². The van der Waals surface area contributed by atoms with Crippen molar-refractivity contribution >= 4 is 11.9 Å². The van der Waals surface area contributed by atoms with Gasteiger partial charge in [-0.3, -0.25) is 4.79 Å². The first-order valence-electron chi connectivity index (χ1n) is 10.1. The topological polar surface area (TPSA) is 81.3 Å². The number of aromatic nitrogens is 2. The molecule has 0 spiro atoms. The van der Waals surface area contributed by atoms with Gasteiger partial charge in [0, 0.05) is 23.9 Å². The van der Waals surface area contributed by atoms with Gasteiger partial charge in [0.1, 0.15) is 17.4 Å². The molecule has 2 aromatic carbocycles. The zero-order chi connectivity index (χ0) is 21.8. The van der Waals surface area contributed by atoms with Crippen LogP contribution >= 0.6 is 0 Å². The molecule has 3 aromatic rings. The SMILES string of the molecule is Nc1ncc(-c2ccccc2F)c([C@H]2CCCCN2C(=O)COc2ccc(F)cc2)n1. The van der Waals surface area contributed by atoms with E-state index in [-0.39, 0.29) is 30.3 Å². The van der Waals surface area contributed by atoms with E-state index in [9.17, 15) is 13.6 Å². The van der Waals surface area contributed by atoms with Crippen molar-refractivity contribution in [3.63, 3.8) is 0 Å². The number of halogens is 2. The number of hydrogen-bond donors (Lipinski definition) is 1. The van der Waals surface area contributed by atoms with Crippen LogP contribution in [0.5, 0.6) is 5.75 Å². The number of ether oxygens (including phenoxy) is 1. The molecule has 0 unspecified atom stereocenters. The third kappa shape index (κ3) is 4.63. The second kappa shape index (κ2) is 9.07. The molecular weight excluding hydrogens is 402 g/mol. The van der Waals surface area contributed by atoms with E-state index < -0.39 is 5.82 Å². The van der Waals surface area contributed by atoms with Crippen LogP contribution in [0.2, 0.25) is 0 Å². The summed E-state index contributed by atoms with van der Waals surface area (Å²) in [6.07, 6.45) is 3.91. The molecule has 0 radical (unpaired) electrons. The van der Waals surface area contributed by atoms with E-state index in [0.29, 0.717) is 35.5 Å². The average Bonchev–Trinajstić information content (AvgIpc) is 2.79. The number of nitrogen functional groups attached to an aromatic ring is 1. The van der Waals surface area contributed by atoms with E-state index in [0.717, 1.165) is 12.8 Å². The van der Waals surface area contributed by atoms with Crippen LogP contribution in [-0.4, -0.2) is 33.9 Å². The molecule has 1 aromatic heterocycles. The highest BCUT2D eigenvalue weighted by Crippen LogP contribution is 2.36. The Kier molecular flexibility index (Phi) is 6.06. The molecule has 1 aliphatic rings. The van der Waals surface area contributed by atoms with Crippen LogP contribution in [0.15, 0.2) is 54.7 Å². The van der Waals surface area contributed by atoms with Crippen LogP contribution in [0.3, 0.4) is 0 Å². The molecule has 0 bridgehead atoms. The van der Waals surface area contributed by atoms with Crippen molar-refractivity contribution in [3.05, 3.63) is 72.1 Å². The van der Waals surface area contributed by atoms with Crippen molar-refractivity contribution in [2.75, 3.05) is 18.9 Å². The Morgan fingerprint density at radius 2 is 1.87 bits per heavy atom. The Morgan fingerprint density at radius 1 is 1.10 bits per heavy atom. The van der Waals surface area contributed by atoms with Gasteiger partial charge in [-0.05, 0) is 49.6 Å². The third-order valence-corrected chi connectivity index (χ3v) is 5.32. The van der Waals surface area contributed by atoms with Gasteiger partial charge in [0.05, 0.1) is 11.7 Å². The number of piperidine rings is 1. The minimum Gasteiger partial charge on any atom is -0.484 e. The van der Waals surface area contributed by atoms with Crippen LogP contribution in [0.25, 0.3) is 11.1 Å². The highest BCUT2D eigenvalue weighted by atomic mass is 19.1. The number of hydrogen-bond acceptors (Lipinski definition) is 5. The molecule has 1 aliphatic heterocycles. The van der Waals surface area contributed by atoms with Gasteiger partial charge < -0.3 is 15.4 Å². The second-order valence-corrected chi connectivity index (χ2v) is 7.35. The minimum absolute atomic E-state index is 0.0654. The lowest BCUT2D eigenvalue weighted by molar-refractivity contribution is -0.137. The van der Waals surface area contributed by atoms with E-state index in [4.69, 9.17) is 10.5 Å². The predicted molar refractivity (Wildman–Crippen MR) is 112 cm³/mol. The molecule has 1 saturated heterocycles. The first-order valence-corrected chi connectivity index (χ1v) is 10.1. The van der Waals surface area contributed by atoms with Gasteiger partial charge in [-0.25, -0.2) is 18.7 Å². The fraction of sp³-hybridized carbons (Fsp3) is 0.261. The smallest absolute Gasteiger partial charge is 0.261 e. The largest absolute Gasteiger partial charge is 0.484 e. The summed E-state index contributed by atoms with van der Waals surface area (Å²) in [4.78, 5) is 23.1. The summed E-state index contributed by atoms with van der Waals surface area (Å²) in [5.41, 5.74) is 7.23. The lowest BCUT2D eigenvalue weighted by atomic mass is 9.93. The Bertz CT molecular complexity index is 1080. The summed E-state index contributed by atoms with van der Waals surface area (Å²) < 4.78 is 33.1. The Morgan fingerprint density at radius 3 is 2.65 bits per heavy atom. The monoisotopic (exact) mass is 424 g/mol. The van der Waals surface area contributed by atoms with Crippen molar-refractivity contribution in [1.82, 2.24) is 14.9 Å². The summed E-state index contributed by atoms with van der Waals surface area (Å²) in [6, 6.07) is 11.5. The van der Waals surface area contributed by atoms with Crippen molar-refractivity contribution in [1.29, 1.82) is 0 Å². The zero-order valence-corrected chi connectivity index (χ0v) is 16.8. The average molecular weight is 424 g/mol. The van der Waals surface area contributed by atoms with Crippen molar-refractivity contribution in [2.45, 2.75) is 25.3 Å². The number of rotatable bonds is 5. The van der Waals surface area contributed by atoms with E-state index in [1.165, 1.54) is 36.5 Å². The lowest BCUT2D eigenvalue weighted by Gasteiger charge is -2.36. The van der Waals surface area contributed by atoms with E-state index in [1.54, 1.807) is 23.1 Å². The Hall–Kier alpha value is -3.55. The molecule has 6 nitrogen and oxygen atoms in total. The molecule has 31 heavy (non-hydrogen) atoms. The van der Waals surface area contributed by atoms with Crippen LogP contribution in [0.1, 0.15) is 31.0 Å². The van der Waals surface area contributed by atoms with Gasteiger partial charge in [0.15, 0.2) is 6.61 Å². The molecule has 1 atom stereocenters. The fourth-order valence-corrected chi connectivity index (χ4v) is 3.82. The van der Waals surface area contributed by atoms with Crippen LogP contribution in [-0.2, 0) is 4.79 Å². The van der Waals surface area contributed by atoms with Crippen molar-refractivity contribution in [3.8, 4) is 16.9 Å². The molecule has 1 amide bonds. The number of carbonyl (C=O) groups excluding carboxylic acids is 1. The standard InChI is InChI=1S/C23H22F2N4O2/c24-15-8-10-16(11-9-15)31-14-21(30)29-12-4-3-7-20(29)22-18(13-27-23(26)28-22)17-5-1-2-6-19(17)25/h1-2,5-6,8-11,13,20H,3-4,7,12,14H2,(H2,26,27,28)/t20-/m1/s1. The van der Waals surface area contributed by atoms with Crippen LogP contribution in [0, 0.1) is 11.6 Å². The Balaban J connectivity index is 1.61. The molecule has 2 heterocycles. The summed E-state index contributed by atoms with van der Waals surface area (Å²) in [5.74, 6) is -0.537. The number of nitrogens with zero attached hydrogens (tertiary/aromatic N) is 3. The van der Waals surface area contributed by atoms with E-state index in [1.807, 2.05) is 0 Å². The molecule has 0 saturated carbocycles. The fourth-order valence-electron chi connectivity index (χ4n) is 3.82. The number of anilines is 1. The van der Waals surface area contributed by atoms with Crippen LogP contribution in [0.4, 0.5) is 14.7 Å². The van der Waals surface area contributed by atoms with Gasteiger partial charge in [-0.1, -0.05) is 18.2 Å². The number of carbonyl (C=O) groups is 1.